The molecule has 1 N–H and O–H groups in total. The maximum absolute atomic E-state index is 14.8. The van der Waals surface area contributed by atoms with Gasteiger partial charge in [0.25, 0.3) is 5.92 Å². The van der Waals surface area contributed by atoms with E-state index in [2.05, 4.69) is 0 Å². The topological polar surface area (TPSA) is 51.5 Å². The molecule has 0 saturated heterocycles. The Bertz CT molecular complexity index is 1170. The molecular formula is C23H25F4NO3S. The molecular weight excluding hydrogens is 446 g/mol. The first-order valence-corrected chi connectivity index (χ1v) is 10.8. The lowest BCUT2D eigenvalue weighted by Crippen LogP contribution is -2.52. The number of aliphatic hydroxyl groups is 1. The zero-order valence-corrected chi connectivity index (χ0v) is 19.0. The Kier molecular flexibility index (Phi) is 6.45. The molecule has 0 saturated carbocycles. The van der Waals surface area contributed by atoms with Crippen LogP contribution in [-0.2, 0) is 12.0 Å². The SMILES string of the molecule is Cc1cccc(C(C)(C)CC(O)(Cn2ccc(=O)c3sccc32)C(C)(F)F)c1OC(F)F. The van der Waals surface area contributed by atoms with E-state index in [1.807, 2.05) is 0 Å². The van der Waals surface area contributed by atoms with E-state index in [1.165, 1.54) is 34.2 Å². The van der Waals surface area contributed by atoms with E-state index in [0.717, 1.165) is 0 Å². The van der Waals surface area contributed by atoms with Gasteiger partial charge in [0.2, 0.25) is 0 Å². The predicted molar refractivity (Wildman–Crippen MR) is 117 cm³/mol. The van der Waals surface area contributed by atoms with E-state index in [4.69, 9.17) is 4.74 Å². The van der Waals surface area contributed by atoms with Crippen LogP contribution < -0.4 is 10.2 Å². The Morgan fingerprint density at radius 3 is 2.47 bits per heavy atom. The molecule has 3 aromatic rings. The lowest BCUT2D eigenvalue weighted by Gasteiger charge is -2.41. The van der Waals surface area contributed by atoms with E-state index in [-0.39, 0.29) is 11.2 Å². The second-order valence-corrected chi connectivity index (χ2v) is 9.67. The highest BCUT2D eigenvalue weighted by molar-refractivity contribution is 7.17. The van der Waals surface area contributed by atoms with Gasteiger partial charge >= 0.3 is 6.61 Å². The zero-order valence-electron chi connectivity index (χ0n) is 18.2. The van der Waals surface area contributed by atoms with Crippen LogP contribution in [-0.4, -0.2) is 27.8 Å². The number of hydrogen-bond donors (Lipinski definition) is 1. The summed E-state index contributed by atoms with van der Waals surface area (Å²) in [5, 5.41) is 12.9. The summed E-state index contributed by atoms with van der Waals surface area (Å²) in [5.41, 5.74) is -2.76. The van der Waals surface area contributed by atoms with Crippen LogP contribution in [0.25, 0.3) is 10.2 Å². The van der Waals surface area contributed by atoms with Crippen molar-refractivity contribution in [1.82, 2.24) is 4.57 Å². The molecule has 1 atom stereocenters. The van der Waals surface area contributed by atoms with Gasteiger partial charge in [-0.1, -0.05) is 32.0 Å². The molecule has 2 aromatic heterocycles. The molecule has 0 fully saturated rings. The Hall–Kier alpha value is -2.39. The van der Waals surface area contributed by atoms with Crippen molar-refractivity contribution < 1.29 is 27.4 Å². The lowest BCUT2D eigenvalue weighted by molar-refractivity contribution is -0.186. The summed E-state index contributed by atoms with van der Waals surface area (Å²) in [6, 6.07) is 7.66. The molecule has 0 aliphatic heterocycles. The highest BCUT2D eigenvalue weighted by Crippen LogP contribution is 2.44. The molecule has 9 heteroatoms. The molecule has 1 aromatic carbocycles. The van der Waals surface area contributed by atoms with Gasteiger partial charge in [0, 0.05) is 24.8 Å². The summed E-state index contributed by atoms with van der Waals surface area (Å²) in [7, 11) is 0. The Morgan fingerprint density at radius 1 is 1.16 bits per heavy atom. The van der Waals surface area contributed by atoms with E-state index < -0.39 is 36.5 Å². The van der Waals surface area contributed by atoms with Crippen molar-refractivity contribution in [2.24, 2.45) is 0 Å². The molecule has 0 spiro atoms. The van der Waals surface area contributed by atoms with Gasteiger partial charge in [-0.3, -0.25) is 4.79 Å². The largest absolute Gasteiger partial charge is 0.434 e. The summed E-state index contributed by atoms with van der Waals surface area (Å²) in [5.74, 6) is -3.62. The minimum Gasteiger partial charge on any atom is -0.434 e. The molecule has 2 heterocycles. The van der Waals surface area contributed by atoms with Crippen molar-refractivity contribution in [3.8, 4) is 5.75 Å². The number of nitrogens with zero attached hydrogens (tertiary/aromatic N) is 1. The van der Waals surface area contributed by atoms with Crippen molar-refractivity contribution in [1.29, 1.82) is 0 Å². The smallest absolute Gasteiger partial charge is 0.387 e. The maximum atomic E-state index is 14.8. The minimum absolute atomic E-state index is 0.0853. The van der Waals surface area contributed by atoms with Crippen LogP contribution in [0.5, 0.6) is 5.75 Å². The number of para-hydroxylation sites is 1. The number of hydrogen-bond acceptors (Lipinski definition) is 4. The van der Waals surface area contributed by atoms with E-state index >= 15 is 0 Å². The first-order valence-electron chi connectivity index (χ1n) is 9.97. The van der Waals surface area contributed by atoms with Crippen LogP contribution in [0.15, 0.2) is 46.7 Å². The molecule has 0 aliphatic rings. The summed E-state index contributed by atoms with van der Waals surface area (Å²) < 4.78 is 62.2. The van der Waals surface area contributed by atoms with Crippen molar-refractivity contribution in [2.75, 3.05) is 0 Å². The first kappa shape index (κ1) is 24.3. The van der Waals surface area contributed by atoms with Gasteiger partial charge in [-0.25, -0.2) is 8.78 Å². The van der Waals surface area contributed by atoms with E-state index in [1.54, 1.807) is 44.4 Å². The number of thiophene rings is 1. The Morgan fingerprint density at radius 2 is 1.84 bits per heavy atom. The third kappa shape index (κ3) is 4.68. The fraction of sp³-hybridized carbons (Fsp3) is 0.435. The maximum Gasteiger partial charge on any atom is 0.387 e. The monoisotopic (exact) mass is 471 g/mol. The number of rotatable bonds is 8. The van der Waals surface area contributed by atoms with Crippen LogP contribution >= 0.6 is 11.3 Å². The van der Waals surface area contributed by atoms with Gasteiger partial charge in [-0.05, 0) is 35.8 Å². The first-order chi connectivity index (χ1) is 14.7. The molecule has 174 valence electrons. The second-order valence-electron chi connectivity index (χ2n) is 8.75. The van der Waals surface area contributed by atoms with Crippen molar-refractivity contribution in [3.05, 3.63) is 63.3 Å². The second kappa shape index (κ2) is 8.51. The highest BCUT2D eigenvalue weighted by Gasteiger charge is 2.52. The molecule has 1 unspecified atom stereocenters. The number of pyridine rings is 1. The van der Waals surface area contributed by atoms with Gasteiger partial charge in [0.1, 0.15) is 11.4 Å². The van der Waals surface area contributed by atoms with Crippen LogP contribution in [0, 0.1) is 6.92 Å². The Labute approximate surface area is 187 Å². The van der Waals surface area contributed by atoms with Crippen LogP contribution in [0.2, 0.25) is 0 Å². The number of benzene rings is 1. The number of halogens is 4. The number of ether oxygens (including phenoxy) is 1. The van der Waals surface area contributed by atoms with E-state index in [0.29, 0.717) is 28.3 Å². The average molecular weight is 472 g/mol. The summed E-state index contributed by atoms with van der Waals surface area (Å²) in [6.07, 6.45) is 0.920. The molecule has 0 amide bonds. The fourth-order valence-corrected chi connectivity index (χ4v) is 4.88. The molecule has 0 bridgehead atoms. The normalized spacial score (nSPS) is 14.7. The lowest BCUT2D eigenvalue weighted by atomic mass is 9.72. The molecule has 32 heavy (non-hydrogen) atoms. The summed E-state index contributed by atoms with van der Waals surface area (Å²) in [4.78, 5) is 12.0. The Balaban J connectivity index is 2.06. The summed E-state index contributed by atoms with van der Waals surface area (Å²) >= 11 is 1.19. The number of aryl methyl sites for hydroxylation is 1. The van der Waals surface area contributed by atoms with Gasteiger partial charge in [-0.2, -0.15) is 8.78 Å². The standard InChI is InChI=1S/C23H25F4NO3S/c1-14-6-5-7-15(18(14)31-20(24)25)21(2,3)12-23(30,22(4,26)27)13-28-10-8-17(29)19-16(28)9-11-32-19/h5-11,20,30H,12-13H2,1-4H3. The van der Waals surface area contributed by atoms with Crippen molar-refractivity contribution >= 4 is 21.6 Å². The minimum atomic E-state index is -3.54. The van der Waals surface area contributed by atoms with Crippen molar-refractivity contribution in [2.45, 2.75) is 64.2 Å². The number of aromatic nitrogens is 1. The average Bonchev–Trinajstić information content (AvgIpc) is 3.15. The van der Waals surface area contributed by atoms with Crippen LogP contribution in [0.4, 0.5) is 17.6 Å². The summed E-state index contributed by atoms with van der Waals surface area (Å²) in [6.45, 7) is 1.84. The highest BCUT2D eigenvalue weighted by atomic mass is 32.1. The number of fused-ring (bicyclic) bond motifs is 1. The number of alkyl halides is 4. The van der Waals surface area contributed by atoms with Crippen LogP contribution in [0.1, 0.15) is 38.3 Å². The van der Waals surface area contributed by atoms with Gasteiger partial charge in [0.15, 0.2) is 5.43 Å². The van der Waals surface area contributed by atoms with Gasteiger partial charge in [0.05, 0.1) is 16.8 Å². The zero-order chi connectivity index (χ0) is 23.9. The quantitative estimate of drug-likeness (QED) is 0.427. The molecule has 3 rings (SSSR count). The van der Waals surface area contributed by atoms with Gasteiger partial charge < -0.3 is 14.4 Å². The molecule has 4 nitrogen and oxygen atoms in total. The van der Waals surface area contributed by atoms with Crippen molar-refractivity contribution in [3.63, 3.8) is 0 Å². The van der Waals surface area contributed by atoms with Gasteiger partial charge in [-0.15, -0.1) is 11.3 Å². The third-order valence-corrected chi connectivity index (χ3v) is 6.63. The third-order valence-electron chi connectivity index (χ3n) is 5.71. The fourth-order valence-electron chi connectivity index (χ4n) is 4.05. The van der Waals surface area contributed by atoms with Crippen LogP contribution in [0.3, 0.4) is 0 Å². The van der Waals surface area contributed by atoms with E-state index in [9.17, 15) is 27.5 Å². The molecule has 0 aliphatic carbocycles. The predicted octanol–water partition coefficient (Wildman–Crippen LogP) is 5.73. The molecule has 0 radical (unpaired) electrons.